The fourth-order valence-electron chi connectivity index (χ4n) is 4.87. The summed E-state index contributed by atoms with van der Waals surface area (Å²) in [5.41, 5.74) is 2.44. The Morgan fingerprint density at radius 1 is 1.00 bits per heavy atom. The highest BCUT2D eigenvalue weighted by atomic mass is 32.2. The molecule has 4 amide bonds. The number of hydrogen-bond donors (Lipinski definition) is 1. The Kier molecular flexibility index (Phi) is 6.35. The standard InChI is InChI=1S/C29H29N3O3S/c1-19(2)20-13-15-22(16-14-20)29(3)27(34)31(28(35)30-29)17-26(33)32-23-11-7-8-12-25(23)36-18-24(32)21-9-5-4-6-10-21/h4-16,19,24H,17-18H2,1-3H3,(H,30,35). The lowest BCUT2D eigenvalue weighted by Gasteiger charge is -2.37. The molecular formula is C29H29N3O3S. The molecule has 0 saturated carbocycles. The Hall–Kier alpha value is -3.58. The zero-order valence-corrected chi connectivity index (χ0v) is 21.4. The quantitative estimate of drug-likeness (QED) is 0.474. The molecule has 2 aliphatic rings. The maximum atomic E-state index is 13.8. The highest BCUT2D eigenvalue weighted by Gasteiger charge is 2.50. The number of benzene rings is 3. The molecule has 5 rings (SSSR count). The number of urea groups is 1. The van der Waals surface area contributed by atoms with Crippen LogP contribution in [-0.4, -0.2) is 35.0 Å². The zero-order chi connectivity index (χ0) is 25.4. The van der Waals surface area contributed by atoms with Crippen LogP contribution < -0.4 is 10.2 Å². The zero-order valence-electron chi connectivity index (χ0n) is 20.6. The van der Waals surface area contributed by atoms with Crippen molar-refractivity contribution in [2.45, 2.75) is 43.2 Å². The second-order valence-corrected chi connectivity index (χ2v) is 10.8. The summed E-state index contributed by atoms with van der Waals surface area (Å²) in [7, 11) is 0. The van der Waals surface area contributed by atoms with Crippen molar-refractivity contribution < 1.29 is 14.4 Å². The number of thioether (sulfide) groups is 1. The number of carbonyl (C=O) groups excluding carboxylic acids is 3. The molecule has 6 nitrogen and oxygen atoms in total. The van der Waals surface area contributed by atoms with Gasteiger partial charge in [-0.3, -0.25) is 14.5 Å². The molecule has 3 aromatic carbocycles. The molecule has 2 atom stereocenters. The van der Waals surface area contributed by atoms with Crippen molar-refractivity contribution >= 4 is 35.3 Å². The molecule has 184 valence electrons. The number of nitrogens with zero attached hydrogens (tertiary/aromatic N) is 2. The first-order valence-electron chi connectivity index (χ1n) is 12.1. The van der Waals surface area contributed by atoms with Gasteiger partial charge in [-0.1, -0.05) is 80.6 Å². The van der Waals surface area contributed by atoms with Crippen molar-refractivity contribution in [2.75, 3.05) is 17.2 Å². The maximum absolute atomic E-state index is 13.8. The Bertz CT molecular complexity index is 1310. The molecule has 0 spiro atoms. The van der Waals surface area contributed by atoms with E-state index >= 15 is 0 Å². The molecule has 3 aromatic rings. The van der Waals surface area contributed by atoms with Crippen molar-refractivity contribution in [1.29, 1.82) is 0 Å². The average Bonchev–Trinajstić information content (AvgIpc) is 3.12. The average molecular weight is 500 g/mol. The predicted molar refractivity (Wildman–Crippen MR) is 142 cm³/mol. The molecule has 1 N–H and O–H groups in total. The highest BCUT2D eigenvalue weighted by Crippen LogP contribution is 2.43. The highest BCUT2D eigenvalue weighted by molar-refractivity contribution is 7.99. The van der Waals surface area contributed by atoms with Crippen molar-refractivity contribution in [3.8, 4) is 0 Å². The van der Waals surface area contributed by atoms with Gasteiger partial charge < -0.3 is 10.2 Å². The Morgan fingerprint density at radius 3 is 2.36 bits per heavy atom. The van der Waals surface area contributed by atoms with Crippen molar-refractivity contribution in [3.05, 3.63) is 95.6 Å². The molecule has 1 saturated heterocycles. The van der Waals surface area contributed by atoms with E-state index in [-0.39, 0.29) is 18.5 Å². The molecule has 36 heavy (non-hydrogen) atoms. The van der Waals surface area contributed by atoms with Gasteiger partial charge in [-0.2, -0.15) is 0 Å². The predicted octanol–water partition coefficient (Wildman–Crippen LogP) is 5.46. The lowest BCUT2D eigenvalue weighted by molar-refractivity contribution is -0.134. The van der Waals surface area contributed by atoms with Crippen LogP contribution in [0.25, 0.3) is 0 Å². The van der Waals surface area contributed by atoms with Crippen LogP contribution >= 0.6 is 11.8 Å². The maximum Gasteiger partial charge on any atom is 0.325 e. The first-order valence-corrected chi connectivity index (χ1v) is 13.1. The van der Waals surface area contributed by atoms with Crippen molar-refractivity contribution in [2.24, 2.45) is 0 Å². The summed E-state index contributed by atoms with van der Waals surface area (Å²) in [6, 6.07) is 24.6. The van der Waals surface area contributed by atoms with Crippen LogP contribution in [0.2, 0.25) is 0 Å². The summed E-state index contributed by atoms with van der Waals surface area (Å²) >= 11 is 1.70. The second-order valence-electron chi connectivity index (χ2n) is 9.69. The number of nitrogens with one attached hydrogen (secondary N) is 1. The van der Waals surface area contributed by atoms with E-state index in [9.17, 15) is 14.4 Å². The van der Waals surface area contributed by atoms with Crippen LogP contribution in [0.4, 0.5) is 10.5 Å². The normalized spacial score (nSPS) is 21.5. The van der Waals surface area contributed by atoms with Crippen LogP contribution in [0.5, 0.6) is 0 Å². The molecule has 2 aliphatic heterocycles. The van der Waals surface area contributed by atoms with Gasteiger partial charge in [-0.05, 0) is 41.7 Å². The fourth-order valence-corrected chi connectivity index (χ4v) is 6.04. The Balaban J connectivity index is 1.43. The molecule has 1 fully saturated rings. The fraction of sp³-hybridized carbons (Fsp3) is 0.276. The van der Waals surface area contributed by atoms with Gasteiger partial charge in [0.2, 0.25) is 5.91 Å². The van der Waals surface area contributed by atoms with E-state index in [1.165, 1.54) is 0 Å². The van der Waals surface area contributed by atoms with E-state index < -0.39 is 17.5 Å². The minimum atomic E-state index is -1.22. The topological polar surface area (TPSA) is 69.7 Å². The van der Waals surface area contributed by atoms with Gasteiger partial charge in [0.1, 0.15) is 12.1 Å². The lowest BCUT2D eigenvalue weighted by Crippen LogP contribution is -2.47. The molecular weight excluding hydrogens is 470 g/mol. The molecule has 2 heterocycles. The van der Waals surface area contributed by atoms with E-state index in [1.54, 1.807) is 23.6 Å². The summed E-state index contributed by atoms with van der Waals surface area (Å²) in [5, 5.41) is 2.83. The second kappa shape index (κ2) is 9.47. The summed E-state index contributed by atoms with van der Waals surface area (Å²) in [6.45, 7) is 5.58. The third kappa shape index (κ3) is 4.17. The summed E-state index contributed by atoms with van der Waals surface area (Å²) in [6.07, 6.45) is 0. The van der Waals surface area contributed by atoms with Crippen LogP contribution in [-0.2, 0) is 15.1 Å². The van der Waals surface area contributed by atoms with Crippen molar-refractivity contribution in [3.63, 3.8) is 0 Å². The number of anilines is 1. The van der Waals surface area contributed by atoms with Crippen LogP contribution in [0.3, 0.4) is 0 Å². The smallest absolute Gasteiger partial charge is 0.319 e. The number of imide groups is 1. The molecule has 0 aliphatic carbocycles. The van der Waals surface area contributed by atoms with Gasteiger partial charge in [0.25, 0.3) is 5.91 Å². The number of hydrogen-bond acceptors (Lipinski definition) is 4. The number of rotatable bonds is 5. The summed E-state index contributed by atoms with van der Waals surface area (Å²) in [5.74, 6) is 0.332. The van der Waals surface area contributed by atoms with E-state index in [1.807, 2.05) is 78.9 Å². The SMILES string of the molecule is CC(C)c1ccc(C2(C)NC(=O)N(CC(=O)N3c4ccccc4SCC3c3ccccc3)C2=O)cc1. The third-order valence-corrected chi connectivity index (χ3v) is 8.15. The molecule has 7 heteroatoms. The van der Waals surface area contributed by atoms with E-state index in [0.717, 1.165) is 26.6 Å². The van der Waals surface area contributed by atoms with Crippen LogP contribution in [0, 0.1) is 0 Å². The van der Waals surface area contributed by atoms with E-state index in [0.29, 0.717) is 17.2 Å². The van der Waals surface area contributed by atoms with Gasteiger partial charge in [0.15, 0.2) is 0 Å². The van der Waals surface area contributed by atoms with Gasteiger partial charge in [0.05, 0.1) is 11.7 Å². The van der Waals surface area contributed by atoms with Crippen molar-refractivity contribution in [1.82, 2.24) is 10.2 Å². The molecule has 0 aromatic heterocycles. The monoisotopic (exact) mass is 499 g/mol. The van der Waals surface area contributed by atoms with Gasteiger partial charge in [-0.15, -0.1) is 11.8 Å². The number of amides is 4. The molecule has 0 bridgehead atoms. The number of para-hydroxylation sites is 1. The number of fused-ring (bicyclic) bond motifs is 1. The van der Waals surface area contributed by atoms with Gasteiger partial charge >= 0.3 is 6.03 Å². The van der Waals surface area contributed by atoms with E-state index in [4.69, 9.17) is 0 Å². The Morgan fingerprint density at radius 2 is 1.67 bits per heavy atom. The Labute approximate surface area is 215 Å². The van der Waals surface area contributed by atoms with E-state index in [2.05, 4.69) is 19.2 Å². The first-order chi connectivity index (χ1) is 17.3. The minimum absolute atomic E-state index is 0.200. The number of carbonyl (C=O) groups is 3. The molecule has 0 radical (unpaired) electrons. The van der Waals surface area contributed by atoms with Gasteiger partial charge in [0, 0.05) is 10.6 Å². The minimum Gasteiger partial charge on any atom is -0.319 e. The first kappa shape index (κ1) is 24.1. The summed E-state index contributed by atoms with van der Waals surface area (Å²) < 4.78 is 0. The lowest BCUT2D eigenvalue weighted by atomic mass is 9.90. The summed E-state index contributed by atoms with van der Waals surface area (Å²) in [4.78, 5) is 44.1. The molecule has 2 unspecified atom stereocenters. The van der Waals surface area contributed by atoms with Gasteiger partial charge in [-0.25, -0.2) is 4.79 Å². The third-order valence-electron chi connectivity index (χ3n) is 7.01. The largest absolute Gasteiger partial charge is 0.325 e. The van der Waals surface area contributed by atoms with Crippen LogP contribution in [0.15, 0.2) is 83.8 Å². The van der Waals surface area contributed by atoms with Crippen LogP contribution in [0.1, 0.15) is 49.4 Å².